The van der Waals surface area contributed by atoms with Crippen LogP contribution < -0.4 is 4.74 Å². The summed E-state index contributed by atoms with van der Waals surface area (Å²) in [6, 6.07) is 7.53. The third-order valence-corrected chi connectivity index (χ3v) is 2.10. The number of aryl methyl sites for hydroxylation is 1. The number of ether oxygens (including phenoxy) is 1. The number of rotatable bonds is 4. The fourth-order valence-electron chi connectivity index (χ4n) is 1.41. The van der Waals surface area contributed by atoms with E-state index in [4.69, 9.17) is 10.00 Å². The Morgan fingerprint density at radius 3 is 2.87 bits per heavy atom. The number of ketones is 1. The first-order valence-corrected chi connectivity index (χ1v) is 4.69. The molecule has 0 N–H and O–H groups in total. The van der Waals surface area contributed by atoms with Gasteiger partial charge in [0, 0.05) is 12.0 Å². The summed E-state index contributed by atoms with van der Waals surface area (Å²) < 4.78 is 5.14. The SMILES string of the molecule is COc1ccc(C)cc1CC(=O)CC#N. The molecule has 3 heteroatoms. The van der Waals surface area contributed by atoms with E-state index in [-0.39, 0.29) is 18.6 Å². The van der Waals surface area contributed by atoms with Crippen LogP contribution in [0.1, 0.15) is 17.5 Å². The molecule has 0 heterocycles. The zero-order chi connectivity index (χ0) is 11.3. The zero-order valence-corrected chi connectivity index (χ0v) is 8.91. The normalized spacial score (nSPS) is 9.40. The molecule has 0 atom stereocenters. The number of Topliss-reactive ketones (excluding diaryl/α,β-unsaturated/α-hetero) is 1. The lowest BCUT2D eigenvalue weighted by atomic mass is 10.0. The van der Waals surface area contributed by atoms with E-state index in [9.17, 15) is 4.79 Å². The van der Waals surface area contributed by atoms with Gasteiger partial charge in [-0.25, -0.2) is 0 Å². The largest absolute Gasteiger partial charge is 0.496 e. The summed E-state index contributed by atoms with van der Waals surface area (Å²) in [6.45, 7) is 1.96. The van der Waals surface area contributed by atoms with Crippen LogP contribution in [-0.2, 0) is 11.2 Å². The summed E-state index contributed by atoms with van der Waals surface area (Å²) in [5, 5.41) is 8.39. The van der Waals surface area contributed by atoms with Gasteiger partial charge in [0.1, 0.15) is 5.75 Å². The molecule has 0 spiro atoms. The van der Waals surface area contributed by atoms with Crippen molar-refractivity contribution in [1.29, 1.82) is 5.26 Å². The lowest BCUT2D eigenvalue weighted by Crippen LogP contribution is -2.03. The van der Waals surface area contributed by atoms with Crippen LogP contribution in [0, 0.1) is 18.3 Å². The molecule has 1 aromatic carbocycles. The van der Waals surface area contributed by atoms with E-state index < -0.39 is 0 Å². The van der Waals surface area contributed by atoms with Gasteiger partial charge in [0.15, 0.2) is 5.78 Å². The summed E-state index contributed by atoms with van der Waals surface area (Å²) in [5.74, 6) is 0.619. The van der Waals surface area contributed by atoms with Gasteiger partial charge >= 0.3 is 0 Å². The van der Waals surface area contributed by atoms with Crippen LogP contribution in [0.3, 0.4) is 0 Å². The van der Waals surface area contributed by atoms with Gasteiger partial charge in [-0.05, 0) is 13.0 Å². The molecule has 0 saturated carbocycles. The third kappa shape index (κ3) is 3.10. The van der Waals surface area contributed by atoms with Crippen LogP contribution in [0.25, 0.3) is 0 Å². The van der Waals surface area contributed by atoms with Gasteiger partial charge in [-0.3, -0.25) is 4.79 Å². The second-order valence-corrected chi connectivity index (χ2v) is 3.37. The highest BCUT2D eigenvalue weighted by molar-refractivity contribution is 5.83. The van der Waals surface area contributed by atoms with E-state index in [1.807, 2.05) is 31.2 Å². The minimum Gasteiger partial charge on any atom is -0.496 e. The quantitative estimate of drug-likeness (QED) is 0.752. The van der Waals surface area contributed by atoms with Crippen molar-refractivity contribution in [2.24, 2.45) is 0 Å². The fraction of sp³-hybridized carbons (Fsp3) is 0.333. The maximum absolute atomic E-state index is 11.3. The first-order valence-electron chi connectivity index (χ1n) is 4.69. The number of carbonyl (C=O) groups is 1. The lowest BCUT2D eigenvalue weighted by Gasteiger charge is -2.07. The summed E-state index contributed by atoms with van der Waals surface area (Å²) in [7, 11) is 1.57. The van der Waals surface area contributed by atoms with E-state index in [1.165, 1.54) is 0 Å². The highest BCUT2D eigenvalue weighted by Gasteiger charge is 2.08. The Morgan fingerprint density at radius 2 is 2.27 bits per heavy atom. The van der Waals surface area contributed by atoms with Crippen LogP contribution in [0.5, 0.6) is 5.75 Å². The summed E-state index contributed by atoms with van der Waals surface area (Å²) in [4.78, 5) is 11.3. The number of carbonyl (C=O) groups excluding carboxylic acids is 1. The topological polar surface area (TPSA) is 50.1 Å². The maximum Gasteiger partial charge on any atom is 0.151 e. The molecule has 1 aromatic rings. The lowest BCUT2D eigenvalue weighted by molar-refractivity contribution is -0.117. The number of nitrogens with zero attached hydrogens (tertiary/aromatic N) is 1. The van der Waals surface area contributed by atoms with Gasteiger partial charge in [-0.1, -0.05) is 17.7 Å². The summed E-state index contributed by atoms with van der Waals surface area (Å²) in [5.41, 5.74) is 1.92. The highest BCUT2D eigenvalue weighted by Crippen LogP contribution is 2.20. The van der Waals surface area contributed by atoms with Crippen molar-refractivity contribution in [3.63, 3.8) is 0 Å². The molecule has 78 valence electrons. The smallest absolute Gasteiger partial charge is 0.151 e. The second kappa shape index (κ2) is 5.16. The van der Waals surface area contributed by atoms with Crippen molar-refractivity contribution in [1.82, 2.24) is 0 Å². The Balaban J connectivity index is 2.88. The van der Waals surface area contributed by atoms with Crippen molar-refractivity contribution >= 4 is 5.78 Å². The van der Waals surface area contributed by atoms with E-state index >= 15 is 0 Å². The van der Waals surface area contributed by atoms with Gasteiger partial charge in [0.25, 0.3) is 0 Å². The first kappa shape index (κ1) is 11.3. The molecule has 0 saturated heterocycles. The minimum atomic E-state index is -0.0820. The molecule has 0 radical (unpaired) electrons. The van der Waals surface area contributed by atoms with Gasteiger partial charge < -0.3 is 4.74 Å². The van der Waals surface area contributed by atoms with Crippen molar-refractivity contribution in [2.75, 3.05) is 7.11 Å². The molecule has 1 rings (SSSR count). The predicted molar refractivity (Wildman–Crippen MR) is 56.7 cm³/mol. The zero-order valence-electron chi connectivity index (χ0n) is 8.91. The molecule has 3 nitrogen and oxygen atoms in total. The highest BCUT2D eigenvalue weighted by atomic mass is 16.5. The van der Waals surface area contributed by atoms with E-state index in [2.05, 4.69) is 0 Å². The number of methoxy groups -OCH3 is 1. The van der Waals surface area contributed by atoms with Gasteiger partial charge in [0.05, 0.1) is 19.6 Å². The van der Waals surface area contributed by atoms with Crippen molar-refractivity contribution in [3.8, 4) is 11.8 Å². The van der Waals surface area contributed by atoms with Crippen LogP contribution in [0.2, 0.25) is 0 Å². The molecule has 0 amide bonds. The van der Waals surface area contributed by atoms with Gasteiger partial charge in [-0.15, -0.1) is 0 Å². The Labute approximate surface area is 89.3 Å². The van der Waals surface area contributed by atoms with E-state index in [1.54, 1.807) is 7.11 Å². The van der Waals surface area contributed by atoms with Crippen LogP contribution >= 0.6 is 0 Å². The summed E-state index contributed by atoms with van der Waals surface area (Å²) >= 11 is 0. The average molecular weight is 203 g/mol. The standard InChI is InChI=1S/C12H13NO2/c1-9-3-4-12(15-2)10(7-9)8-11(14)5-6-13/h3-4,7H,5,8H2,1-2H3. The first-order chi connectivity index (χ1) is 7.17. The number of hydrogen-bond acceptors (Lipinski definition) is 3. The predicted octanol–water partition coefficient (Wildman–Crippen LogP) is 2.03. The molecule has 0 aliphatic rings. The van der Waals surface area contributed by atoms with Crippen molar-refractivity contribution in [3.05, 3.63) is 29.3 Å². The molecule has 15 heavy (non-hydrogen) atoms. The molecule has 0 bridgehead atoms. The van der Waals surface area contributed by atoms with E-state index in [0.29, 0.717) is 5.75 Å². The second-order valence-electron chi connectivity index (χ2n) is 3.37. The minimum absolute atomic E-state index is 0.0445. The van der Waals surface area contributed by atoms with Crippen LogP contribution in [0.4, 0.5) is 0 Å². The Bertz CT molecular complexity index is 405. The monoisotopic (exact) mass is 203 g/mol. The Morgan fingerprint density at radius 1 is 1.53 bits per heavy atom. The number of hydrogen-bond donors (Lipinski definition) is 0. The Hall–Kier alpha value is -1.82. The average Bonchev–Trinajstić information content (AvgIpc) is 2.18. The van der Waals surface area contributed by atoms with Gasteiger partial charge in [-0.2, -0.15) is 5.26 Å². The maximum atomic E-state index is 11.3. The summed E-state index contributed by atoms with van der Waals surface area (Å²) in [6.07, 6.45) is 0.218. The molecule has 0 fully saturated rings. The molecule has 0 unspecified atom stereocenters. The fourth-order valence-corrected chi connectivity index (χ4v) is 1.41. The van der Waals surface area contributed by atoms with Crippen LogP contribution in [-0.4, -0.2) is 12.9 Å². The molecular formula is C12H13NO2. The molecule has 0 aliphatic heterocycles. The molecule has 0 aliphatic carbocycles. The third-order valence-electron chi connectivity index (χ3n) is 2.10. The van der Waals surface area contributed by atoms with Crippen LogP contribution in [0.15, 0.2) is 18.2 Å². The Kier molecular flexibility index (Phi) is 3.87. The molecular weight excluding hydrogens is 190 g/mol. The van der Waals surface area contributed by atoms with Gasteiger partial charge in [0.2, 0.25) is 0 Å². The molecule has 0 aromatic heterocycles. The number of benzene rings is 1. The van der Waals surface area contributed by atoms with Crippen molar-refractivity contribution < 1.29 is 9.53 Å². The van der Waals surface area contributed by atoms with Crippen molar-refractivity contribution in [2.45, 2.75) is 19.8 Å². The van der Waals surface area contributed by atoms with E-state index in [0.717, 1.165) is 11.1 Å². The number of nitriles is 1.